The third-order valence-electron chi connectivity index (χ3n) is 4.71. The van der Waals surface area contributed by atoms with Crippen LogP contribution >= 0.6 is 0 Å². The summed E-state index contributed by atoms with van der Waals surface area (Å²) in [7, 11) is 0. The summed E-state index contributed by atoms with van der Waals surface area (Å²) in [6.07, 6.45) is 1.03. The van der Waals surface area contributed by atoms with Crippen LogP contribution in [0.1, 0.15) is 31.9 Å². The summed E-state index contributed by atoms with van der Waals surface area (Å²) in [5, 5.41) is 4.94. The molecule has 0 amide bonds. The highest BCUT2D eigenvalue weighted by Crippen LogP contribution is 2.36. The summed E-state index contributed by atoms with van der Waals surface area (Å²) in [6, 6.07) is 17.1. The molecule has 23 heavy (non-hydrogen) atoms. The lowest BCUT2D eigenvalue weighted by atomic mass is 9.94. The highest BCUT2D eigenvalue weighted by Gasteiger charge is 2.17. The molecule has 4 aromatic rings. The summed E-state index contributed by atoms with van der Waals surface area (Å²) in [5.41, 5.74) is 10.2. The maximum Gasteiger partial charge on any atom is 0.136 e. The zero-order valence-electron chi connectivity index (χ0n) is 13.8. The molecule has 0 bridgehead atoms. The monoisotopic (exact) mass is 303 g/mol. The Labute approximate surface area is 135 Å². The second-order valence-electron chi connectivity index (χ2n) is 6.84. The Morgan fingerprint density at radius 1 is 0.913 bits per heavy atom. The topological polar surface area (TPSA) is 39.2 Å². The van der Waals surface area contributed by atoms with E-state index in [2.05, 4.69) is 55.5 Å². The average molecular weight is 303 g/mol. The van der Waals surface area contributed by atoms with Gasteiger partial charge in [0.1, 0.15) is 11.2 Å². The predicted molar refractivity (Wildman–Crippen MR) is 97.8 cm³/mol. The van der Waals surface area contributed by atoms with Crippen LogP contribution in [-0.4, -0.2) is 0 Å². The van der Waals surface area contributed by atoms with Crippen LogP contribution in [0.5, 0.6) is 0 Å². The molecule has 4 rings (SSSR count). The fourth-order valence-electron chi connectivity index (χ4n) is 3.41. The van der Waals surface area contributed by atoms with Crippen LogP contribution in [0.2, 0.25) is 0 Å². The summed E-state index contributed by atoms with van der Waals surface area (Å²) in [6.45, 7) is 6.22. The molecule has 0 fully saturated rings. The first-order valence-corrected chi connectivity index (χ1v) is 8.15. The SMILES string of the molecule is CCc1cccc2c1ccc1oc3cc(C(C)(C)N)ccc3c12. The van der Waals surface area contributed by atoms with Gasteiger partial charge in [0.15, 0.2) is 0 Å². The van der Waals surface area contributed by atoms with Crippen LogP contribution in [0.25, 0.3) is 32.7 Å². The standard InChI is InChI=1S/C21H21NO/c1-4-13-6-5-7-16-15(13)10-11-18-20(16)17-9-8-14(21(2,3)22)12-19(17)23-18/h5-12H,4,22H2,1-3H3. The molecule has 0 aliphatic heterocycles. The van der Waals surface area contributed by atoms with Crippen molar-refractivity contribution in [2.24, 2.45) is 5.73 Å². The van der Waals surface area contributed by atoms with Gasteiger partial charge in [0.25, 0.3) is 0 Å². The fraction of sp³-hybridized carbons (Fsp3) is 0.238. The molecule has 2 heteroatoms. The van der Waals surface area contributed by atoms with Crippen molar-refractivity contribution >= 4 is 32.7 Å². The Morgan fingerprint density at radius 3 is 2.43 bits per heavy atom. The summed E-state index contributed by atoms with van der Waals surface area (Å²) in [5.74, 6) is 0. The van der Waals surface area contributed by atoms with Crippen LogP contribution in [0, 0.1) is 0 Å². The lowest BCUT2D eigenvalue weighted by Gasteiger charge is -2.18. The number of hydrogen-bond donors (Lipinski definition) is 1. The van der Waals surface area contributed by atoms with E-state index in [0.717, 1.165) is 28.5 Å². The number of fused-ring (bicyclic) bond motifs is 5. The van der Waals surface area contributed by atoms with Crippen LogP contribution < -0.4 is 5.73 Å². The second kappa shape index (κ2) is 4.84. The van der Waals surface area contributed by atoms with Crippen LogP contribution in [0.15, 0.2) is 52.9 Å². The van der Waals surface area contributed by atoms with Crippen molar-refractivity contribution in [2.45, 2.75) is 32.7 Å². The molecule has 1 aromatic heterocycles. The van der Waals surface area contributed by atoms with E-state index in [9.17, 15) is 0 Å². The van der Waals surface area contributed by atoms with Gasteiger partial charge in [-0.05, 0) is 54.3 Å². The van der Waals surface area contributed by atoms with Crippen molar-refractivity contribution < 1.29 is 4.42 Å². The normalized spacial score (nSPS) is 12.5. The number of rotatable bonds is 2. The minimum atomic E-state index is -0.370. The quantitative estimate of drug-likeness (QED) is 0.531. The number of hydrogen-bond acceptors (Lipinski definition) is 2. The summed E-state index contributed by atoms with van der Waals surface area (Å²) in [4.78, 5) is 0. The maximum absolute atomic E-state index is 6.23. The molecule has 116 valence electrons. The Bertz CT molecular complexity index is 1030. The number of furan rings is 1. The van der Waals surface area contributed by atoms with E-state index in [4.69, 9.17) is 10.2 Å². The van der Waals surface area contributed by atoms with Gasteiger partial charge in [-0.1, -0.05) is 43.3 Å². The molecule has 0 radical (unpaired) electrons. The fourth-order valence-corrected chi connectivity index (χ4v) is 3.41. The largest absolute Gasteiger partial charge is 0.456 e. The van der Waals surface area contributed by atoms with Crippen LogP contribution in [0.4, 0.5) is 0 Å². The van der Waals surface area contributed by atoms with E-state index >= 15 is 0 Å². The lowest BCUT2D eigenvalue weighted by Crippen LogP contribution is -2.28. The average Bonchev–Trinajstić information content (AvgIpc) is 2.91. The molecule has 0 atom stereocenters. The Balaban J connectivity index is 2.12. The Hall–Kier alpha value is -2.32. The maximum atomic E-state index is 6.23. The highest BCUT2D eigenvalue weighted by molar-refractivity contribution is 6.19. The molecular formula is C21H21NO. The molecule has 0 aliphatic carbocycles. The number of nitrogens with two attached hydrogens (primary N) is 1. The molecular weight excluding hydrogens is 282 g/mol. The molecule has 2 N–H and O–H groups in total. The van der Waals surface area contributed by atoms with Crippen LogP contribution in [0.3, 0.4) is 0 Å². The van der Waals surface area contributed by atoms with Gasteiger partial charge in [-0.2, -0.15) is 0 Å². The van der Waals surface area contributed by atoms with Crippen LogP contribution in [-0.2, 0) is 12.0 Å². The Kier molecular flexibility index (Phi) is 3.00. The van der Waals surface area contributed by atoms with Gasteiger partial charge in [0.05, 0.1) is 0 Å². The smallest absolute Gasteiger partial charge is 0.136 e. The molecule has 1 heterocycles. The zero-order valence-corrected chi connectivity index (χ0v) is 13.8. The van der Waals surface area contributed by atoms with E-state index < -0.39 is 0 Å². The molecule has 0 unspecified atom stereocenters. The van der Waals surface area contributed by atoms with E-state index in [1.165, 1.54) is 21.7 Å². The molecule has 2 nitrogen and oxygen atoms in total. The Morgan fingerprint density at radius 2 is 1.70 bits per heavy atom. The van der Waals surface area contributed by atoms with Crippen molar-refractivity contribution in [2.75, 3.05) is 0 Å². The lowest BCUT2D eigenvalue weighted by molar-refractivity contribution is 0.553. The van der Waals surface area contributed by atoms with Crippen molar-refractivity contribution in [3.63, 3.8) is 0 Å². The first-order valence-electron chi connectivity index (χ1n) is 8.15. The predicted octanol–water partition coefficient (Wildman–Crippen LogP) is 5.50. The first-order chi connectivity index (χ1) is 11.0. The van der Waals surface area contributed by atoms with Crippen molar-refractivity contribution in [3.05, 3.63) is 59.7 Å². The van der Waals surface area contributed by atoms with Gasteiger partial charge in [-0.15, -0.1) is 0 Å². The molecule has 0 saturated carbocycles. The molecule has 0 spiro atoms. The van der Waals surface area contributed by atoms with E-state index in [-0.39, 0.29) is 5.54 Å². The zero-order chi connectivity index (χ0) is 16.2. The minimum Gasteiger partial charge on any atom is -0.456 e. The third kappa shape index (κ3) is 2.13. The van der Waals surface area contributed by atoms with Gasteiger partial charge >= 0.3 is 0 Å². The highest BCUT2D eigenvalue weighted by atomic mass is 16.3. The van der Waals surface area contributed by atoms with Gasteiger partial charge in [-0.25, -0.2) is 0 Å². The number of aryl methyl sites for hydroxylation is 1. The van der Waals surface area contributed by atoms with Crippen molar-refractivity contribution in [1.29, 1.82) is 0 Å². The molecule has 0 saturated heterocycles. The number of benzene rings is 3. The van der Waals surface area contributed by atoms with E-state index in [0.29, 0.717) is 0 Å². The molecule has 3 aromatic carbocycles. The molecule has 0 aliphatic rings. The van der Waals surface area contributed by atoms with Gasteiger partial charge in [0, 0.05) is 16.3 Å². The van der Waals surface area contributed by atoms with Crippen molar-refractivity contribution in [3.8, 4) is 0 Å². The summed E-state index contributed by atoms with van der Waals surface area (Å²) >= 11 is 0. The summed E-state index contributed by atoms with van der Waals surface area (Å²) < 4.78 is 6.11. The van der Waals surface area contributed by atoms with Gasteiger partial charge in [0.2, 0.25) is 0 Å². The first kappa shape index (κ1) is 14.3. The van der Waals surface area contributed by atoms with E-state index in [1.54, 1.807) is 0 Å². The third-order valence-corrected chi connectivity index (χ3v) is 4.71. The second-order valence-corrected chi connectivity index (χ2v) is 6.84. The van der Waals surface area contributed by atoms with Gasteiger partial charge < -0.3 is 10.2 Å². The van der Waals surface area contributed by atoms with Crippen molar-refractivity contribution in [1.82, 2.24) is 0 Å². The minimum absolute atomic E-state index is 0.370. The van der Waals surface area contributed by atoms with Gasteiger partial charge in [-0.3, -0.25) is 0 Å². The van der Waals surface area contributed by atoms with E-state index in [1.807, 2.05) is 13.8 Å².